The van der Waals surface area contributed by atoms with Crippen LogP contribution in [0.25, 0.3) is 43.1 Å². The molecular weight excluding hydrogens is 320 g/mol. The van der Waals surface area contributed by atoms with Gasteiger partial charge in [-0.2, -0.15) is 0 Å². The molecule has 0 N–H and O–H groups in total. The molecule has 26 heavy (non-hydrogen) atoms. The summed E-state index contributed by atoms with van der Waals surface area (Å²) in [5.41, 5.74) is 1.50. The lowest BCUT2D eigenvalue weighted by Gasteiger charge is -2.16. The topological polar surface area (TPSA) is 34.1 Å². The van der Waals surface area contributed by atoms with Crippen LogP contribution in [0.3, 0.4) is 0 Å². The van der Waals surface area contributed by atoms with Gasteiger partial charge in [-0.15, -0.1) is 0 Å². The van der Waals surface area contributed by atoms with Gasteiger partial charge in [0.2, 0.25) is 0 Å². The molecule has 0 aliphatic carbocycles. The Morgan fingerprint density at radius 1 is 0.500 bits per heavy atom. The zero-order valence-electron chi connectivity index (χ0n) is 14.6. The highest BCUT2D eigenvalue weighted by atomic mass is 16.1. The second-order valence-electron chi connectivity index (χ2n) is 6.89. The molecule has 5 aromatic carbocycles. The lowest BCUT2D eigenvalue weighted by Crippen LogP contribution is -1.97. The normalized spacial score (nSPS) is 11.8. The Balaban J connectivity index is 2.15. The van der Waals surface area contributed by atoms with Gasteiger partial charge in [-0.25, -0.2) is 0 Å². The van der Waals surface area contributed by atoms with E-state index in [1.807, 2.05) is 48.5 Å². The number of hydrogen-bond donors (Lipinski definition) is 0. The molecule has 0 aliphatic rings. The molecule has 0 amide bonds. The van der Waals surface area contributed by atoms with Crippen LogP contribution in [0.15, 0.2) is 60.7 Å². The van der Waals surface area contributed by atoms with Crippen LogP contribution in [0, 0.1) is 0 Å². The van der Waals surface area contributed by atoms with Gasteiger partial charge in [0, 0.05) is 11.1 Å². The van der Waals surface area contributed by atoms with E-state index in [1.54, 1.807) is 13.8 Å². The van der Waals surface area contributed by atoms with Crippen molar-refractivity contribution in [3.05, 3.63) is 71.8 Å². The summed E-state index contributed by atoms with van der Waals surface area (Å²) in [5.74, 6) is 0.147. The summed E-state index contributed by atoms with van der Waals surface area (Å²) in [6.07, 6.45) is 0. The minimum atomic E-state index is 0.0737. The van der Waals surface area contributed by atoms with E-state index < -0.39 is 0 Å². The van der Waals surface area contributed by atoms with Crippen molar-refractivity contribution in [2.75, 3.05) is 0 Å². The van der Waals surface area contributed by atoms with Crippen LogP contribution in [-0.4, -0.2) is 11.6 Å². The molecule has 0 unspecified atom stereocenters. The maximum Gasteiger partial charge on any atom is 0.160 e. The fourth-order valence-corrected chi connectivity index (χ4v) is 4.33. The van der Waals surface area contributed by atoms with Crippen molar-refractivity contribution in [2.45, 2.75) is 13.8 Å². The minimum absolute atomic E-state index is 0.0737. The third-order valence-electron chi connectivity index (χ3n) is 5.42. The van der Waals surface area contributed by atoms with Crippen molar-refractivity contribution < 1.29 is 9.59 Å². The Bertz CT molecular complexity index is 1250. The maximum absolute atomic E-state index is 12.1. The summed E-state index contributed by atoms with van der Waals surface area (Å²) in [7, 11) is 0. The molecule has 0 spiro atoms. The highest BCUT2D eigenvalue weighted by Crippen LogP contribution is 2.41. The van der Waals surface area contributed by atoms with E-state index in [0.717, 1.165) is 54.2 Å². The largest absolute Gasteiger partial charge is 0.294 e. The summed E-state index contributed by atoms with van der Waals surface area (Å²) in [4.78, 5) is 24.2. The van der Waals surface area contributed by atoms with Crippen LogP contribution in [0.5, 0.6) is 0 Å². The summed E-state index contributed by atoms with van der Waals surface area (Å²) in [5, 5.41) is 8.72. The molecule has 5 rings (SSSR count). The van der Waals surface area contributed by atoms with Gasteiger partial charge in [-0.1, -0.05) is 60.7 Å². The lowest BCUT2D eigenvalue weighted by atomic mass is 9.86. The number of rotatable bonds is 2. The summed E-state index contributed by atoms with van der Waals surface area (Å²) in [6.45, 7) is 3.22. The number of ketones is 2. The minimum Gasteiger partial charge on any atom is -0.294 e. The number of benzene rings is 5. The van der Waals surface area contributed by atoms with E-state index in [0.29, 0.717) is 0 Å². The predicted octanol–water partition coefficient (Wildman–Crippen LogP) is 6.14. The molecule has 2 heteroatoms. The first-order chi connectivity index (χ1) is 12.6. The second kappa shape index (κ2) is 5.12. The Kier molecular flexibility index (Phi) is 2.96. The molecule has 0 heterocycles. The first-order valence-corrected chi connectivity index (χ1v) is 8.72. The van der Waals surface area contributed by atoms with Crippen molar-refractivity contribution in [1.82, 2.24) is 0 Å². The summed E-state index contributed by atoms with van der Waals surface area (Å²) >= 11 is 0. The molecule has 0 aromatic heterocycles. The number of carbonyl (C=O) groups excluding carboxylic acids is 2. The van der Waals surface area contributed by atoms with E-state index in [-0.39, 0.29) is 11.6 Å². The first-order valence-electron chi connectivity index (χ1n) is 8.72. The number of hydrogen-bond acceptors (Lipinski definition) is 2. The molecule has 2 nitrogen and oxygen atoms in total. The van der Waals surface area contributed by atoms with Gasteiger partial charge < -0.3 is 0 Å². The van der Waals surface area contributed by atoms with Crippen molar-refractivity contribution in [1.29, 1.82) is 0 Å². The van der Waals surface area contributed by atoms with E-state index in [1.165, 1.54) is 0 Å². The Hall–Kier alpha value is -3.26. The second-order valence-corrected chi connectivity index (χ2v) is 6.89. The molecule has 0 fully saturated rings. The monoisotopic (exact) mass is 336 g/mol. The molecule has 0 radical (unpaired) electrons. The molecule has 5 aromatic rings. The van der Waals surface area contributed by atoms with Gasteiger partial charge in [0.05, 0.1) is 0 Å². The molecule has 124 valence electrons. The zero-order chi connectivity index (χ0) is 18.0. The van der Waals surface area contributed by atoms with Crippen LogP contribution < -0.4 is 0 Å². The van der Waals surface area contributed by atoms with E-state index in [9.17, 15) is 9.59 Å². The Morgan fingerprint density at radius 2 is 0.846 bits per heavy atom. The van der Waals surface area contributed by atoms with Crippen molar-refractivity contribution >= 4 is 54.7 Å². The first kappa shape index (κ1) is 15.0. The van der Waals surface area contributed by atoms with Crippen LogP contribution in [0.1, 0.15) is 34.6 Å². The third-order valence-corrected chi connectivity index (χ3v) is 5.42. The number of fused-ring (bicyclic) bond motifs is 2. The van der Waals surface area contributed by atoms with Gasteiger partial charge in [-0.3, -0.25) is 9.59 Å². The summed E-state index contributed by atoms with van der Waals surface area (Å²) in [6, 6.07) is 20.2. The average Bonchev–Trinajstić information content (AvgIpc) is 2.64. The zero-order valence-corrected chi connectivity index (χ0v) is 14.6. The molecular formula is C24H16O2. The Labute approximate surface area is 150 Å². The molecule has 0 saturated carbocycles. The molecule has 0 atom stereocenters. The maximum atomic E-state index is 12.1. The van der Waals surface area contributed by atoms with Crippen LogP contribution in [0.2, 0.25) is 0 Å². The lowest BCUT2D eigenvalue weighted by molar-refractivity contribution is 0.101. The highest BCUT2D eigenvalue weighted by Gasteiger charge is 2.17. The van der Waals surface area contributed by atoms with Crippen molar-refractivity contribution in [2.24, 2.45) is 0 Å². The fraction of sp³-hybridized carbons (Fsp3) is 0.0833. The van der Waals surface area contributed by atoms with Crippen LogP contribution in [0.4, 0.5) is 0 Å². The third kappa shape index (κ3) is 1.81. The average molecular weight is 336 g/mol. The van der Waals surface area contributed by atoms with E-state index in [4.69, 9.17) is 0 Å². The van der Waals surface area contributed by atoms with Crippen LogP contribution >= 0.6 is 0 Å². The van der Waals surface area contributed by atoms with Gasteiger partial charge >= 0.3 is 0 Å². The summed E-state index contributed by atoms with van der Waals surface area (Å²) < 4.78 is 0. The van der Waals surface area contributed by atoms with E-state index >= 15 is 0 Å². The highest BCUT2D eigenvalue weighted by molar-refractivity contribution is 6.35. The van der Waals surface area contributed by atoms with E-state index in [2.05, 4.69) is 12.1 Å². The number of Topliss-reactive ketones (excluding diaryl/α,β-unsaturated/α-hetero) is 2. The van der Waals surface area contributed by atoms with Crippen molar-refractivity contribution in [3.63, 3.8) is 0 Å². The fourth-order valence-electron chi connectivity index (χ4n) is 4.33. The predicted molar refractivity (Wildman–Crippen MR) is 108 cm³/mol. The van der Waals surface area contributed by atoms with Gasteiger partial charge in [0.15, 0.2) is 11.6 Å². The molecule has 0 saturated heterocycles. The molecule has 0 aliphatic heterocycles. The quantitative estimate of drug-likeness (QED) is 0.220. The standard InChI is InChI=1S/C24H16O2/c1-13(25)15-9-11-21-20-8-4-6-18-16(14(2)26)10-12-22(24(18)20)19-7-3-5-17(15)23(19)21/h3-12H,1-2H3. The van der Waals surface area contributed by atoms with Gasteiger partial charge in [0.25, 0.3) is 0 Å². The van der Waals surface area contributed by atoms with Crippen LogP contribution in [-0.2, 0) is 0 Å². The smallest absolute Gasteiger partial charge is 0.160 e. The molecule has 0 bridgehead atoms. The van der Waals surface area contributed by atoms with Gasteiger partial charge in [0.1, 0.15) is 0 Å². The number of carbonyl (C=O) groups is 2. The Morgan fingerprint density at radius 3 is 1.23 bits per heavy atom. The SMILES string of the molecule is CC(=O)c1ccc2c3cccc4c(C(C)=O)ccc(c5cccc1c52)c43. The van der Waals surface area contributed by atoms with Gasteiger partial charge in [-0.05, 0) is 56.9 Å². The van der Waals surface area contributed by atoms with Crippen molar-refractivity contribution in [3.8, 4) is 0 Å².